The zero-order valence-corrected chi connectivity index (χ0v) is 12.9. The van der Waals surface area contributed by atoms with Crippen molar-refractivity contribution in [2.45, 2.75) is 63.8 Å². The predicted molar refractivity (Wildman–Crippen MR) is 81.8 cm³/mol. The van der Waals surface area contributed by atoms with Gasteiger partial charge in [-0.3, -0.25) is 4.79 Å². The van der Waals surface area contributed by atoms with E-state index >= 15 is 0 Å². The molecule has 20 heavy (non-hydrogen) atoms. The molecular formula is C16H22N2OS. The SMILES string of the molecule is CCc1ccc(C(=O)NC2(C#N)CCCCCCC2)s1. The van der Waals surface area contributed by atoms with Gasteiger partial charge in [0.05, 0.1) is 10.9 Å². The van der Waals surface area contributed by atoms with Crippen LogP contribution in [0.4, 0.5) is 0 Å². The van der Waals surface area contributed by atoms with Crippen LogP contribution in [-0.2, 0) is 6.42 Å². The number of amides is 1. The van der Waals surface area contributed by atoms with E-state index < -0.39 is 5.54 Å². The minimum absolute atomic E-state index is 0.0863. The Balaban J connectivity index is 2.07. The molecule has 1 aliphatic carbocycles. The average Bonchev–Trinajstić information content (AvgIpc) is 2.91. The quantitative estimate of drug-likeness (QED) is 0.913. The number of carbonyl (C=O) groups excluding carboxylic acids is 1. The molecule has 0 aromatic carbocycles. The minimum atomic E-state index is -0.659. The van der Waals surface area contributed by atoms with Crippen LogP contribution >= 0.6 is 11.3 Å². The van der Waals surface area contributed by atoms with Crippen molar-refractivity contribution in [3.05, 3.63) is 21.9 Å². The lowest BCUT2D eigenvalue weighted by molar-refractivity contribution is 0.0912. The van der Waals surface area contributed by atoms with E-state index in [1.165, 1.54) is 22.6 Å². The summed E-state index contributed by atoms with van der Waals surface area (Å²) in [6.45, 7) is 2.08. The van der Waals surface area contributed by atoms with E-state index in [-0.39, 0.29) is 5.91 Å². The number of nitriles is 1. The van der Waals surface area contributed by atoms with Crippen molar-refractivity contribution in [3.63, 3.8) is 0 Å². The molecule has 1 aliphatic rings. The van der Waals surface area contributed by atoms with E-state index in [9.17, 15) is 10.1 Å². The molecule has 1 heterocycles. The Kier molecular flexibility index (Phi) is 5.19. The number of nitrogens with one attached hydrogen (secondary N) is 1. The molecule has 1 aromatic heterocycles. The average molecular weight is 290 g/mol. The standard InChI is InChI=1S/C16H22N2OS/c1-2-13-8-9-14(20-13)15(19)18-16(12-17)10-6-4-3-5-7-11-16/h8-9H,2-7,10-11H2,1H3,(H,18,19). The minimum Gasteiger partial charge on any atom is -0.333 e. The second-order valence-corrected chi connectivity index (χ2v) is 6.70. The molecule has 0 aliphatic heterocycles. The van der Waals surface area contributed by atoms with Crippen molar-refractivity contribution < 1.29 is 4.79 Å². The summed E-state index contributed by atoms with van der Waals surface area (Å²) < 4.78 is 0. The van der Waals surface area contributed by atoms with E-state index in [4.69, 9.17) is 0 Å². The van der Waals surface area contributed by atoms with Crippen LogP contribution in [-0.4, -0.2) is 11.4 Å². The molecule has 0 radical (unpaired) electrons. The van der Waals surface area contributed by atoms with Gasteiger partial charge in [-0.25, -0.2) is 0 Å². The van der Waals surface area contributed by atoms with Crippen LogP contribution in [0.3, 0.4) is 0 Å². The van der Waals surface area contributed by atoms with Crippen LogP contribution in [0.2, 0.25) is 0 Å². The molecule has 0 unspecified atom stereocenters. The van der Waals surface area contributed by atoms with Crippen molar-refractivity contribution in [3.8, 4) is 6.07 Å². The third-order valence-electron chi connectivity index (χ3n) is 4.01. The van der Waals surface area contributed by atoms with E-state index in [0.717, 1.165) is 49.8 Å². The molecule has 1 saturated carbocycles. The molecule has 4 heteroatoms. The van der Waals surface area contributed by atoms with Crippen molar-refractivity contribution in [1.82, 2.24) is 5.32 Å². The van der Waals surface area contributed by atoms with Crippen LogP contribution in [0.15, 0.2) is 12.1 Å². The van der Waals surface area contributed by atoms with E-state index in [2.05, 4.69) is 18.3 Å². The molecule has 1 amide bonds. The summed E-state index contributed by atoms with van der Waals surface area (Å²) in [7, 11) is 0. The van der Waals surface area contributed by atoms with Gasteiger partial charge >= 0.3 is 0 Å². The van der Waals surface area contributed by atoms with Gasteiger partial charge in [0.25, 0.3) is 5.91 Å². The second kappa shape index (κ2) is 6.90. The number of rotatable bonds is 3. The fourth-order valence-electron chi connectivity index (χ4n) is 2.74. The maximum Gasteiger partial charge on any atom is 0.262 e. The van der Waals surface area contributed by atoms with Gasteiger partial charge in [0, 0.05) is 4.88 Å². The predicted octanol–water partition coefficient (Wildman–Crippen LogP) is 4.05. The van der Waals surface area contributed by atoms with Crippen molar-refractivity contribution in [1.29, 1.82) is 5.26 Å². The summed E-state index contributed by atoms with van der Waals surface area (Å²) in [5.74, 6) is -0.0863. The fraction of sp³-hybridized carbons (Fsp3) is 0.625. The number of aryl methyl sites for hydroxylation is 1. The van der Waals surface area contributed by atoms with Gasteiger partial charge in [-0.05, 0) is 31.4 Å². The third kappa shape index (κ3) is 3.61. The maximum absolute atomic E-state index is 12.4. The molecule has 2 rings (SSSR count). The van der Waals surface area contributed by atoms with Crippen molar-refractivity contribution in [2.24, 2.45) is 0 Å². The summed E-state index contributed by atoms with van der Waals surface area (Å²) in [6, 6.07) is 6.24. The number of carbonyl (C=O) groups is 1. The van der Waals surface area contributed by atoms with Crippen LogP contribution in [0.25, 0.3) is 0 Å². The molecule has 3 nitrogen and oxygen atoms in total. The third-order valence-corrected chi connectivity index (χ3v) is 5.24. The lowest BCUT2D eigenvalue weighted by Crippen LogP contribution is -2.47. The molecule has 108 valence electrons. The zero-order chi connectivity index (χ0) is 14.4. The number of nitrogens with zero attached hydrogens (tertiary/aromatic N) is 1. The van der Waals surface area contributed by atoms with Crippen LogP contribution < -0.4 is 5.32 Å². The van der Waals surface area contributed by atoms with Gasteiger partial charge < -0.3 is 5.32 Å². The van der Waals surface area contributed by atoms with E-state index in [1.54, 1.807) is 0 Å². The largest absolute Gasteiger partial charge is 0.333 e. The lowest BCUT2D eigenvalue weighted by Gasteiger charge is -2.29. The highest BCUT2D eigenvalue weighted by Crippen LogP contribution is 2.27. The highest BCUT2D eigenvalue weighted by Gasteiger charge is 2.32. The van der Waals surface area contributed by atoms with Gasteiger partial charge in [-0.15, -0.1) is 11.3 Å². The van der Waals surface area contributed by atoms with Gasteiger partial charge in [0.2, 0.25) is 0 Å². The molecule has 0 bridgehead atoms. The highest BCUT2D eigenvalue weighted by atomic mass is 32.1. The van der Waals surface area contributed by atoms with Crippen molar-refractivity contribution >= 4 is 17.2 Å². The molecule has 0 spiro atoms. The van der Waals surface area contributed by atoms with Gasteiger partial charge in [-0.2, -0.15) is 5.26 Å². The first-order chi connectivity index (χ1) is 9.69. The van der Waals surface area contributed by atoms with Gasteiger partial charge in [-0.1, -0.05) is 39.0 Å². The number of hydrogen-bond acceptors (Lipinski definition) is 3. The lowest BCUT2D eigenvalue weighted by atomic mass is 9.85. The topological polar surface area (TPSA) is 52.9 Å². The molecule has 0 atom stereocenters. The zero-order valence-electron chi connectivity index (χ0n) is 12.1. The number of hydrogen-bond donors (Lipinski definition) is 1. The Hall–Kier alpha value is -1.34. The maximum atomic E-state index is 12.4. The molecule has 1 N–H and O–H groups in total. The Bertz CT molecular complexity index is 493. The van der Waals surface area contributed by atoms with Gasteiger partial charge in [0.15, 0.2) is 0 Å². The number of thiophene rings is 1. The molecular weight excluding hydrogens is 268 g/mol. The second-order valence-electron chi connectivity index (χ2n) is 5.54. The van der Waals surface area contributed by atoms with Crippen LogP contribution in [0.5, 0.6) is 0 Å². The van der Waals surface area contributed by atoms with E-state index in [0.29, 0.717) is 0 Å². The van der Waals surface area contributed by atoms with Gasteiger partial charge in [0.1, 0.15) is 5.54 Å². The molecule has 1 aromatic rings. The Morgan fingerprint density at radius 3 is 2.50 bits per heavy atom. The highest BCUT2D eigenvalue weighted by molar-refractivity contribution is 7.14. The summed E-state index contributed by atoms with van der Waals surface area (Å²) >= 11 is 1.53. The summed E-state index contributed by atoms with van der Waals surface area (Å²) in [5.41, 5.74) is -0.659. The van der Waals surface area contributed by atoms with Crippen LogP contribution in [0.1, 0.15) is 66.4 Å². The van der Waals surface area contributed by atoms with Crippen molar-refractivity contribution in [2.75, 3.05) is 0 Å². The monoisotopic (exact) mass is 290 g/mol. The fourth-order valence-corrected chi connectivity index (χ4v) is 3.59. The Labute approximate surface area is 125 Å². The Morgan fingerprint density at radius 1 is 1.30 bits per heavy atom. The molecule has 1 fully saturated rings. The summed E-state index contributed by atoms with van der Waals surface area (Å²) in [4.78, 5) is 14.3. The first kappa shape index (κ1) is 15.1. The molecule has 0 saturated heterocycles. The van der Waals surface area contributed by atoms with E-state index in [1.807, 2.05) is 12.1 Å². The smallest absolute Gasteiger partial charge is 0.262 e. The Morgan fingerprint density at radius 2 is 1.95 bits per heavy atom. The summed E-state index contributed by atoms with van der Waals surface area (Å²) in [5, 5.41) is 12.6. The first-order valence-corrected chi connectivity index (χ1v) is 8.33. The van der Waals surface area contributed by atoms with Crippen LogP contribution in [0, 0.1) is 11.3 Å². The first-order valence-electron chi connectivity index (χ1n) is 7.51. The normalized spacial score (nSPS) is 18.6. The summed E-state index contributed by atoms with van der Waals surface area (Å²) in [6.07, 6.45) is 8.14.